The van der Waals surface area contributed by atoms with Gasteiger partial charge in [-0.05, 0) is 18.8 Å². The molecule has 0 aromatic rings. The maximum absolute atomic E-state index is 12.4. The van der Waals surface area contributed by atoms with Gasteiger partial charge in [0.25, 0.3) is 10.2 Å². The lowest BCUT2D eigenvalue weighted by Crippen LogP contribution is -2.51. The van der Waals surface area contributed by atoms with Crippen LogP contribution in [0.4, 0.5) is 0 Å². The number of rotatable bonds is 3. The van der Waals surface area contributed by atoms with Crippen LogP contribution in [-0.2, 0) is 21.0 Å². The molecule has 0 spiro atoms. The van der Waals surface area contributed by atoms with E-state index in [2.05, 4.69) is 0 Å². The zero-order valence-corrected chi connectivity index (χ0v) is 12.6. The lowest BCUT2D eigenvalue weighted by atomic mass is 10.0. The number of hydrogen-bond donors (Lipinski definition) is 0. The van der Waals surface area contributed by atoms with Crippen molar-refractivity contribution >= 4 is 32.6 Å². The fourth-order valence-electron chi connectivity index (χ4n) is 2.38. The summed E-state index contributed by atoms with van der Waals surface area (Å²) in [6.45, 7) is 1.84. The fourth-order valence-corrected chi connectivity index (χ4v) is 5.64. The van der Waals surface area contributed by atoms with Gasteiger partial charge in [0.2, 0.25) is 0 Å². The van der Waals surface area contributed by atoms with Crippen LogP contribution in [0.3, 0.4) is 0 Å². The zero-order valence-electron chi connectivity index (χ0n) is 10.3. The van der Waals surface area contributed by atoms with Gasteiger partial charge in [-0.15, -0.1) is 11.6 Å². The van der Waals surface area contributed by atoms with E-state index in [9.17, 15) is 12.6 Å². The van der Waals surface area contributed by atoms with E-state index in [0.717, 1.165) is 12.8 Å². The first-order chi connectivity index (χ1) is 8.54. The van der Waals surface area contributed by atoms with E-state index in [1.54, 1.807) is 0 Å². The molecule has 2 fully saturated rings. The fraction of sp³-hybridized carbons (Fsp3) is 1.00. The van der Waals surface area contributed by atoms with Crippen LogP contribution in [0.15, 0.2) is 0 Å². The second-order valence-corrected chi connectivity index (χ2v) is 8.71. The molecule has 106 valence electrons. The van der Waals surface area contributed by atoms with Crippen molar-refractivity contribution in [1.29, 1.82) is 0 Å². The zero-order chi connectivity index (χ0) is 13.2. The minimum absolute atomic E-state index is 0.258. The van der Waals surface area contributed by atoms with Gasteiger partial charge in [-0.25, -0.2) is 0 Å². The standard InChI is InChI=1S/C10H19ClN2O3S2/c11-8-10-2-1-3-13(9-10)18(15,16)12-4-6-17(14)7-5-12/h10H,1-9H2. The van der Waals surface area contributed by atoms with E-state index in [1.807, 2.05) is 0 Å². The monoisotopic (exact) mass is 314 g/mol. The van der Waals surface area contributed by atoms with Crippen LogP contribution in [0.1, 0.15) is 12.8 Å². The third-order valence-corrected chi connectivity index (χ3v) is 7.20. The predicted molar refractivity (Wildman–Crippen MR) is 73.4 cm³/mol. The van der Waals surface area contributed by atoms with Crippen LogP contribution in [-0.4, -0.2) is 64.8 Å². The molecule has 2 aliphatic heterocycles. The summed E-state index contributed by atoms with van der Waals surface area (Å²) in [6, 6.07) is 0. The second kappa shape index (κ2) is 6.17. The van der Waals surface area contributed by atoms with Crippen LogP contribution >= 0.6 is 11.6 Å². The van der Waals surface area contributed by atoms with Gasteiger partial charge in [0, 0.05) is 54.4 Å². The summed E-state index contributed by atoms with van der Waals surface area (Å²) < 4.78 is 39.1. The Hall–Kier alpha value is 0.310. The highest BCUT2D eigenvalue weighted by atomic mass is 35.5. The molecule has 0 aromatic carbocycles. The third kappa shape index (κ3) is 3.25. The summed E-state index contributed by atoms with van der Waals surface area (Å²) in [5.74, 6) is 1.67. The molecule has 1 atom stereocenters. The quantitative estimate of drug-likeness (QED) is 0.702. The van der Waals surface area contributed by atoms with Crippen LogP contribution < -0.4 is 0 Å². The summed E-state index contributed by atoms with van der Waals surface area (Å²) in [5.41, 5.74) is 0. The number of hydrogen-bond acceptors (Lipinski definition) is 3. The van der Waals surface area contributed by atoms with Gasteiger partial charge in [-0.3, -0.25) is 4.21 Å². The Morgan fingerprint density at radius 1 is 1.17 bits per heavy atom. The minimum Gasteiger partial charge on any atom is -0.259 e. The van der Waals surface area contributed by atoms with Crippen molar-refractivity contribution in [3.63, 3.8) is 0 Å². The van der Waals surface area contributed by atoms with Crippen molar-refractivity contribution in [2.45, 2.75) is 12.8 Å². The average Bonchev–Trinajstić information content (AvgIpc) is 2.39. The van der Waals surface area contributed by atoms with Gasteiger partial charge in [-0.1, -0.05) is 0 Å². The molecule has 0 aromatic heterocycles. The molecule has 2 aliphatic rings. The summed E-state index contributed by atoms with van der Waals surface area (Å²) in [6.07, 6.45) is 1.87. The van der Waals surface area contributed by atoms with Crippen molar-refractivity contribution in [1.82, 2.24) is 8.61 Å². The molecule has 0 radical (unpaired) electrons. The molecular weight excluding hydrogens is 296 g/mol. The van der Waals surface area contributed by atoms with Crippen LogP contribution in [0.2, 0.25) is 0 Å². The van der Waals surface area contributed by atoms with Crippen LogP contribution in [0.5, 0.6) is 0 Å². The number of piperidine rings is 1. The first kappa shape index (κ1) is 14.7. The number of nitrogens with zero attached hydrogens (tertiary/aromatic N) is 2. The molecule has 0 amide bonds. The van der Waals surface area contributed by atoms with E-state index in [4.69, 9.17) is 11.6 Å². The predicted octanol–water partition coefficient (Wildman–Crippen LogP) is 0.246. The Balaban J connectivity index is 2.03. The molecule has 0 N–H and O–H groups in total. The molecule has 1 unspecified atom stereocenters. The first-order valence-electron chi connectivity index (χ1n) is 6.20. The highest BCUT2D eigenvalue weighted by molar-refractivity contribution is 7.87. The van der Waals surface area contributed by atoms with E-state index in [1.165, 1.54) is 8.61 Å². The average molecular weight is 315 g/mol. The van der Waals surface area contributed by atoms with Crippen molar-refractivity contribution in [3.05, 3.63) is 0 Å². The smallest absolute Gasteiger partial charge is 0.259 e. The summed E-state index contributed by atoms with van der Waals surface area (Å²) in [5, 5.41) is 0. The Bertz CT molecular complexity index is 405. The van der Waals surface area contributed by atoms with Crippen molar-refractivity contribution in [3.8, 4) is 0 Å². The molecule has 5 nitrogen and oxygen atoms in total. The van der Waals surface area contributed by atoms with Gasteiger partial charge < -0.3 is 0 Å². The van der Waals surface area contributed by atoms with Crippen molar-refractivity contribution in [2.24, 2.45) is 5.92 Å². The lowest BCUT2D eigenvalue weighted by Gasteiger charge is -2.36. The van der Waals surface area contributed by atoms with Gasteiger partial charge in [-0.2, -0.15) is 17.0 Å². The molecule has 8 heteroatoms. The highest BCUT2D eigenvalue weighted by Crippen LogP contribution is 2.22. The number of halogens is 1. The number of alkyl halides is 1. The minimum atomic E-state index is -3.38. The van der Waals surface area contributed by atoms with Crippen LogP contribution in [0.25, 0.3) is 0 Å². The Morgan fingerprint density at radius 3 is 2.44 bits per heavy atom. The molecule has 0 saturated carbocycles. The molecule has 18 heavy (non-hydrogen) atoms. The van der Waals surface area contributed by atoms with Crippen molar-refractivity contribution < 1.29 is 12.6 Å². The highest BCUT2D eigenvalue weighted by Gasteiger charge is 2.34. The maximum atomic E-state index is 12.4. The maximum Gasteiger partial charge on any atom is 0.282 e. The summed E-state index contributed by atoms with van der Waals surface area (Å²) >= 11 is 5.83. The van der Waals surface area contributed by atoms with Crippen molar-refractivity contribution in [2.75, 3.05) is 43.6 Å². The van der Waals surface area contributed by atoms with Gasteiger partial charge >= 0.3 is 0 Å². The van der Waals surface area contributed by atoms with E-state index in [0.29, 0.717) is 43.6 Å². The van der Waals surface area contributed by atoms with Gasteiger partial charge in [0.1, 0.15) is 0 Å². The van der Waals surface area contributed by atoms with E-state index in [-0.39, 0.29) is 5.92 Å². The van der Waals surface area contributed by atoms with E-state index < -0.39 is 21.0 Å². The van der Waals surface area contributed by atoms with Gasteiger partial charge in [0.05, 0.1) is 0 Å². The largest absolute Gasteiger partial charge is 0.282 e. The normalized spacial score (nSPS) is 29.5. The lowest BCUT2D eigenvalue weighted by molar-refractivity contribution is 0.262. The topological polar surface area (TPSA) is 57.7 Å². The molecule has 0 bridgehead atoms. The van der Waals surface area contributed by atoms with Gasteiger partial charge in [0.15, 0.2) is 0 Å². The van der Waals surface area contributed by atoms with E-state index >= 15 is 0 Å². The Morgan fingerprint density at radius 2 is 1.83 bits per heavy atom. The summed E-state index contributed by atoms with van der Waals surface area (Å²) in [7, 11) is -4.23. The molecule has 0 aliphatic carbocycles. The first-order valence-corrected chi connectivity index (χ1v) is 9.62. The summed E-state index contributed by atoms with van der Waals surface area (Å²) in [4.78, 5) is 0. The third-order valence-electron chi connectivity index (χ3n) is 3.49. The Kier molecular flexibility index (Phi) is 5.05. The molecule has 2 heterocycles. The SMILES string of the molecule is O=S1CCN(S(=O)(=O)N2CCCC(CCl)C2)CC1. The molecule has 2 rings (SSSR count). The molecule has 2 saturated heterocycles. The second-order valence-electron chi connectivity index (χ2n) is 4.78. The molecular formula is C10H19ClN2O3S2. The van der Waals surface area contributed by atoms with Crippen LogP contribution in [0, 0.1) is 5.92 Å². The Labute approximate surface area is 116 Å².